The molecule has 0 aliphatic heterocycles. The smallest absolute Gasteiger partial charge is 0.417 e. The molecule has 4 rings (SSSR count). The third-order valence-electron chi connectivity index (χ3n) is 5.65. The Hall–Kier alpha value is -4.24. The summed E-state index contributed by atoms with van der Waals surface area (Å²) in [6.07, 6.45) is -2.30. The fourth-order valence-electron chi connectivity index (χ4n) is 3.96. The van der Waals surface area contributed by atoms with Gasteiger partial charge in [-0.3, -0.25) is 14.6 Å². The van der Waals surface area contributed by atoms with Gasteiger partial charge in [0, 0.05) is 22.9 Å². The lowest BCUT2D eigenvalue weighted by molar-refractivity contribution is -0.136. The van der Waals surface area contributed by atoms with Crippen LogP contribution in [0, 0.1) is 0 Å². The fourth-order valence-corrected chi connectivity index (χ4v) is 4.28. The van der Waals surface area contributed by atoms with E-state index in [2.05, 4.69) is 9.97 Å². The maximum absolute atomic E-state index is 14.5. The average Bonchev–Trinajstić information content (AvgIpc) is 2.91. The third-order valence-corrected chi connectivity index (χ3v) is 6.03. The molecule has 0 spiro atoms. The second kappa shape index (κ2) is 10.4. The summed E-state index contributed by atoms with van der Waals surface area (Å²) in [4.78, 5) is 30.8. The number of rotatable bonds is 7. The van der Waals surface area contributed by atoms with E-state index in [0.717, 1.165) is 0 Å². The van der Waals surface area contributed by atoms with Gasteiger partial charge >= 0.3 is 6.18 Å². The van der Waals surface area contributed by atoms with Gasteiger partial charge in [-0.2, -0.15) is 13.2 Å². The van der Waals surface area contributed by atoms with E-state index in [1.807, 2.05) is 0 Å². The third kappa shape index (κ3) is 4.90. The molecule has 6 nitrogen and oxygen atoms in total. The van der Waals surface area contributed by atoms with Crippen LogP contribution in [-0.4, -0.2) is 36.8 Å². The number of halogens is 4. The highest BCUT2D eigenvalue weighted by Gasteiger charge is 2.38. The molecule has 0 bridgehead atoms. The number of methoxy groups -OCH3 is 2. The van der Waals surface area contributed by atoms with Crippen molar-refractivity contribution < 1.29 is 32.2 Å². The number of hydrogen-bond acceptors (Lipinski definition) is 6. The summed E-state index contributed by atoms with van der Waals surface area (Å²) in [6.45, 7) is 0. The van der Waals surface area contributed by atoms with Crippen molar-refractivity contribution in [3.8, 4) is 45.3 Å². The summed E-state index contributed by atoms with van der Waals surface area (Å²) in [6, 6.07) is 12.7. The summed E-state index contributed by atoms with van der Waals surface area (Å²) in [5, 5.41) is -0.0205. The lowest BCUT2D eigenvalue weighted by Gasteiger charge is -2.19. The number of aldehydes is 2. The van der Waals surface area contributed by atoms with Crippen LogP contribution in [-0.2, 0) is 6.18 Å². The SMILES string of the molecule is COc1cc(-c2nccc(-c3cccc(-c4ccc(C=O)c(OC)n4)c3C(F)(F)F)c2Cl)ccc1C=O. The summed E-state index contributed by atoms with van der Waals surface area (Å²) in [5.74, 6) is 0.176. The minimum absolute atomic E-state index is 0.0205. The number of pyridine rings is 2. The van der Waals surface area contributed by atoms with Gasteiger partial charge in [-0.1, -0.05) is 35.9 Å². The molecular formula is C27H18ClF3N2O4. The molecule has 0 saturated carbocycles. The molecule has 2 aromatic heterocycles. The Morgan fingerprint density at radius 2 is 1.57 bits per heavy atom. The molecule has 2 aromatic carbocycles. The first kappa shape index (κ1) is 25.8. The minimum Gasteiger partial charge on any atom is -0.496 e. The van der Waals surface area contributed by atoms with E-state index in [9.17, 15) is 22.8 Å². The van der Waals surface area contributed by atoms with E-state index >= 15 is 0 Å². The van der Waals surface area contributed by atoms with Gasteiger partial charge in [0.05, 0.1) is 47.3 Å². The molecular weight excluding hydrogens is 509 g/mol. The number of carbonyl (C=O) groups is 2. The van der Waals surface area contributed by atoms with Crippen LogP contribution in [0.3, 0.4) is 0 Å². The van der Waals surface area contributed by atoms with Gasteiger partial charge in [0.15, 0.2) is 12.6 Å². The number of carbonyl (C=O) groups excluding carboxylic acids is 2. The van der Waals surface area contributed by atoms with Crippen molar-refractivity contribution in [3.63, 3.8) is 0 Å². The zero-order valence-corrected chi connectivity index (χ0v) is 20.2. The van der Waals surface area contributed by atoms with Gasteiger partial charge in [0.2, 0.25) is 5.88 Å². The van der Waals surface area contributed by atoms with Gasteiger partial charge in [-0.25, -0.2) is 4.98 Å². The molecule has 0 aliphatic rings. The summed E-state index contributed by atoms with van der Waals surface area (Å²) in [7, 11) is 2.67. The van der Waals surface area contributed by atoms with Crippen LogP contribution >= 0.6 is 11.6 Å². The van der Waals surface area contributed by atoms with Crippen molar-refractivity contribution >= 4 is 24.2 Å². The van der Waals surface area contributed by atoms with E-state index in [1.165, 1.54) is 68.9 Å². The van der Waals surface area contributed by atoms with Crippen molar-refractivity contribution in [1.29, 1.82) is 0 Å². The van der Waals surface area contributed by atoms with E-state index < -0.39 is 11.7 Å². The number of alkyl halides is 3. The van der Waals surface area contributed by atoms with Crippen molar-refractivity contribution in [3.05, 3.63) is 82.5 Å². The number of ether oxygens (including phenoxy) is 2. The van der Waals surface area contributed by atoms with Crippen molar-refractivity contribution in [2.24, 2.45) is 0 Å². The minimum atomic E-state index is -4.79. The fraction of sp³-hybridized carbons (Fsp3) is 0.111. The normalized spacial score (nSPS) is 11.2. The average molecular weight is 527 g/mol. The number of aromatic nitrogens is 2. The lowest BCUT2D eigenvalue weighted by Crippen LogP contribution is -2.10. The van der Waals surface area contributed by atoms with Crippen LogP contribution in [0.15, 0.2) is 60.8 Å². The maximum Gasteiger partial charge on any atom is 0.417 e. The Labute approximate surface area is 214 Å². The van der Waals surface area contributed by atoms with E-state index in [1.54, 1.807) is 6.07 Å². The highest BCUT2D eigenvalue weighted by atomic mass is 35.5. The number of nitrogens with zero attached hydrogens (tertiary/aromatic N) is 2. The quantitative estimate of drug-likeness (QED) is 0.247. The number of benzene rings is 2. The van der Waals surface area contributed by atoms with Gasteiger partial charge < -0.3 is 9.47 Å². The van der Waals surface area contributed by atoms with Crippen molar-refractivity contribution in [1.82, 2.24) is 9.97 Å². The Kier molecular flexibility index (Phi) is 7.26. The van der Waals surface area contributed by atoms with Crippen LogP contribution < -0.4 is 9.47 Å². The summed E-state index contributed by atoms with van der Waals surface area (Å²) < 4.78 is 53.9. The molecule has 0 atom stereocenters. The molecule has 2 heterocycles. The van der Waals surface area contributed by atoms with E-state index in [4.69, 9.17) is 21.1 Å². The Morgan fingerprint density at radius 1 is 0.865 bits per heavy atom. The van der Waals surface area contributed by atoms with Crippen LogP contribution in [0.5, 0.6) is 11.6 Å². The largest absolute Gasteiger partial charge is 0.496 e. The van der Waals surface area contributed by atoms with Crippen LogP contribution in [0.25, 0.3) is 33.6 Å². The first-order chi connectivity index (χ1) is 17.7. The molecule has 0 aliphatic carbocycles. The van der Waals surface area contributed by atoms with Gasteiger partial charge in [0.25, 0.3) is 0 Å². The molecule has 0 saturated heterocycles. The van der Waals surface area contributed by atoms with Crippen LogP contribution in [0.1, 0.15) is 26.3 Å². The van der Waals surface area contributed by atoms with E-state index in [0.29, 0.717) is 23.7 Å². The monoisotopic (exact) mass is 526 g/mol. The first-order valence-corrected chi connectivity index (χ1v) is 11.1. The summed E-state index contributed by atoms with van der Waals surface area (Å²) in [5.41, 5.74) is -0.229. The predicted octanol–water partition coefficient (Wildman–Crippen LogP) is 6.79. The lowest BCUT2D eigenvalue weighted by atomic mass is 9.92. The molecule has 0 amide bonds. The van der Waals surface area contributed by atoms with Crippen molar-refractivity contribution in [2.45, 2.75) is 6.18 Å². The Morgan fingerprint density at radius 3 is 2.22 bits per heavy atom. The summed E-state index contributed by atoms with van der Waals surface area (Å²) >= 11 is 6.64. The van der Waals surface area contributed by atoms with Crippen LogP contribution in [0.2, 0.25) is 5.02 Å². The zero-order chi connectivity index (χ0) is 26.7. The van der Waals surface area contributed by atoms with Gasteiger partial charge in [-0.15, -0.1) is 0 Å². The maximum atomic E-state index is 14.5. The Bertz CT molecular complexity index is 1510. The molecule has 0 fully saturated rings. The molecule has 0 N–H and O–H groups in total. The van der Waals surface area contributed by atoms with E-state index in [-0.39, 0.29) is 50.3 Å². The highest BCUT2D eigenvalue weighted by Crippen LogP contribution is 2.46. The van der Waals surface area contributed by atoms with Crippen molar-refractivity contribution in [2.75, 3.05) is 14.2 Å². The highest BCUT2D eigenvalue weighted by molar-refractivity contribution is 6.35. The second-order valence-electron chi connectivity index (χ2n) is 7.73. The molecule has 0 radical (unpaired) electrons. The molecule has 37 heavy (non-hydrogen) atoms. The Balaban J connectivity index is 1.95. The van der Waals surface area contributed by atoms with Gasteiger partial charge in [-0.05, 0) is 35.9 Å². The zero-order valence-electron chi connectivity index (χ0n) is 19.5. The van der Waals surface area contributed by atoms with Crippen LogP contribution in [0.4, 0.5) is 13.2 Å². The molecule has 188 valence electrons. The molecule has 4 aromatic rings. The molecule has 0 unspecified atom stereocenters. The topological polar surface area (TPSA) is 78.4 Å². The number of hydrogen-bond donors (Lipinski definition) is 0. The molecule has 10 heteroatoms. The first-order valence-electron chi connectivity index (χ1n) is 10.7. The van der Waals surface area contributed by atoms with Gasteiger partial charge in [0.1, 0.15) is 5.75 Å². The predicted molar refractivity (Wildman–Crippen MR) is 132 cm³/mol. The second-order valence-corrected chi connectivity index (χ2v) is 8.11. The standard InChI is InChI=1S/C27H18ClF3N2O4/c1-36-22-12-15(6-7-16(22)13-34)25-24(28)19(10-11-32-25)18-4-3-5-20(23(18)27(29,30)31)21-9-8-17(14-35)26(33-21)37-2/h3-14H,1-2H3.